The molecule has 0 spiro atoms. The van der Waals surface area contributed by atoms with Gasteiger partial charge in [0.25, 0.3) is 0 Å². The molecule has 2 heterocycles. The summed E-state index contributed by atoms with van der Waals surface area (Å²) in [6.45, 7) is 1.75. The molecule has 1 aliphatic rings. The van der Waals surface area contributed by atoms with E-state index in [1.807, 2.05) is 36.4 Å². The standard InChI is InChI=1S/C22H25N3O3S/c1-27-17-9-10-19(28-2)15(12-17)13-21(26)23-16-6-5-11-25(14-16)22-24-18-7-3-4-8-20(18)29-22/h3-4,7-10,12,16H,5-6,11,13-14H2,1-2H3,(H,23,26)/t16-/m1/s1. The fourth-order valence-electron chi connectivity index (χ4n) is 3.74. The topological polar surface area (TPSA) is 63.7 Å². The lowest BCUT2D eigenvalue weighted by atomic mass is 10.0. The third-order valence-corrected chi connectivity index (χ3v) is 6.28. The van der Waals surface area contributed by atoms with Crippen molar-refractivity contribution in [2.24, 2.45) is 0 Å². The molecule has 1 aliphatic heterocycles. The van der Waals surface area contributed by atoms with Gasteiger partial charge in [-0.15, -0.1) is 0 Å². The summed E-state index contributed by atoms with van der Waals surface area (Å²) in [5.41, 5.74) is 1.85. The Morgan fingerprint density at radius 1 is 1.24 bits per heavy atom. The zero-order valence-electron chi connectivity index (χ0n) is 16.7. The summed E-state index contributed by atoms with van der Waals surface area (Å²) in [5.74, 6) is 1.40. The van der Waals surface area contributed by atoms with Crippen molar-refractivity contribution in [2.45, 2.75) is 25.3 Å². The number of anilines is 1. The van der Waals surface area contributed by atoms with E-state index in [1.165, 1.54) is 4.70 Å². The molecule has 1 saturated heterocycles. The number of para-hydroxylation sites is 1. The molecule has 7 heteroatoms. The van der Waals surface area contributed by atoms with Gasteiger partial charge in [-0.2, -0.15) is 0 Å². The molecule has 3 aromatic rings. The Morgan fingerprint density at radius 2 is 2.10 bits per heavy atom. The third kappa shape index (κ3) is 4.45. The SMILES string of the molecule is COc1ccc(OC)c(CC(=O)N[C@@H]2CCCN(c3nc4ccccc4s3)C2)c1. The van der Waals surface area contributed by atoms with Crippen molar-refractivity contribution in [3.63, 3.8) is 0 Å². The van der Waals surface area contributed by atoms with E-state index in [2.05, 4.69) is 16.3 Å². The van der Waals surface area contributed by atoms with Gasteiger partial charge in [0.2, 0.25) is 5.91 Å². The Balaban J connectivity index is 1.41. The fourth-order valence-corrected chi connectivity index (χ4v) is 4.74. The van der Waals surface area contributed by atoms with Crippen molar-refractivity contribution in [2.75, 3.05) is 32.2 Å². The number of methoxy groups -OCH3 is 2. The maximum absolute atomic E-state index is 12.7. The first-order valence-corrected chi connectivity index (χ1v) is 10.6. The third-order valence-electron chi connectivity index (χ3n) is 5.18. The first-order chi connectivity index (χ1) is 14.2. The number of thiazole rings is 1. The minimum atomic E-state index is -0.00676. The van der Waals surface area contributed by atoms with Gasteiger partial charge in [-0.3, -0.25) is 4.79 Å². The van der Waals surface area contributed by atoms with Crippen molar-refractivity contribution in [1.29, 1.82) is 0 Å². The van der Waals surface area contributed by atoms with Crippen LogP contribution in [0.4, 0.5) is 5.13 Å². The van der Waals surface area contributed by atoms with Gasteiger partial charge in [0.05, 0.1) is 30.9 Å². The maximum atomic E-state index is 12.7. The number of amides is 1. The van der Waals surface area contributed by atoms with E-state index in [-0.39, 0.29) is 18.4 Å². The largest absolute Gasteiger partial charge is 0.497 e. The van der Waals surface area contributed by atoms with Gasteiger partial charge >= 0.3 is 0 Å². The van der Waals surface area contributed by atoms with Crippen LogP contribution in [-0.4, -0.2) is 44.2 Å². The second kappa shape index (κ2) is 8.69. The van der Waals surface area contributed by atoms with Gasteiger partial charge in [-0.25, -0.2) is 4.98 Å². The number of carbonyl (C=O) groups excluding carboxylic acids is 1. The Morgan fingerprint density at radius 3 is 2.90 bits per heavy atom. The molecule has 1 aromatic heterocycles. The molecule has 152 valence electrons. The van der Waals surface area contributed by atoms with Gasteiger partial charge < -0.3 is 19.7 Å². The van der Waals surface area contributed by atoms with Crippen LogP contribution in [0.1, 0.15) is 18.4 Å². The van der Waals surface area contributed by atoms with Crippen LogP contribution in [-0.2, 0) is 11.2 Å². The van der Waals surface area contributed by atoms with Crippen LogP contribution < -0.4 is 19.7 Å². The second-order valence-corrected chi connectivity index (χ2v) is 8.18. The van der Waals surface area contributed by atoms with Crippen molar-refractivity contribution in [3.8, 4) is 11.5 Å². The van der Waals surface area contributed by atoms with E-state index in [0.29, 0.717) is 11.5 Å². The number of aromatic nitrogens is 1. The summed E-state index contributed by atoms with van der Waals surface area (Å²) in [6, 6.07) is 13.8. The molecular weight excluding hydrogens is 386 g/mol. The number of nitrogens with one attached hydrogen (secondary N) is 1. The predicted octanol–water partition coefficient (Wildman–Crippen LogP) is 3.64. The fraction of sp³-hybridized carbons (Fsp3) is 0.364. The van der Waals surface area contributed by atoms with Crippen molar-refractivity contribution in [1.82, 2.24) is 10.3 Å². The van der Waals surface area contributed by atoms with Gasteiger partial charge in [-0.1, -0.05) is 23.5 Å². The molecule has 0 saturated carbocycles. The summed E-state index contributed by atoms with van der Waals surface area (Å²) < 4.78 is 11.9. The summed E-state index contributed by atoms with van der Waals surface area (Å²) in [7, 11) is 3.23. The number of hydrogen-bond donors (Lipinski definition) is 1. The average molecular weight is 412 g/mol. The maximum Gasteiger partial charge on any atom is 0.224 e. The minimum absolute atomic E-state index is 0.00676. The number of carbonyl (C=O) groups is 1. The number of fused-ring (bicyclic) bond motifs is 1. The highest BCUT2D eigenvalue weighted by Gasteiger charge is 2.24. The number of rotatable bonds is 6. The molecule has 0 radical (unpaired) electrons. The Labute approximate surface area is 174 Å². The van der Waals surface area contributed by atoms with E-state index in [4.69, 9.17) is 14.5 Å². The zero-order chi connectivity index (χ0) is 20.2. The molecule has 1 N–H and O–H groups in total. The predicted molar refractivity (Wildman–Crippen MR) is 116 cm³/mol. The van der Waals surface area contributed by atoms with Crippen LogP contribution in [0.3, 0.4) is 0 Å². The van der Waals surface area contributed by atoms with E-state index in [1.54, 1.807) is 25.6 Å². The molecule has 0 aliphatic carbocycles. The lowest BCUT2D eigenvalue weighted by Crippen LogP contribution is -2.48. The molecule has 1 fully saturated rings. The molecule has 4 rings (SSSR count). The summed E-state index contributed by atoms with van der Waals surface area (Å²) >= 11 is 1.71. The Kier molecular flexibility index (Phi) is 5.85. The lowest BCUT2D eigenvalue weighted by molar-refractivity contribution is -0.121. The Hall–Kier alpha value is -2.80. The molecule has 0 bridgehead atoms. The van der Waals surface area contributed by atoms with E-state index >= 15 is 0 Å². The van der Waals surface area contributed by atoms with Crippen LogP contribution >= 0.6 is 11.3 Å². The van der Waals surface area contributed by atoms with Gasteiger partial charge in [0.15, 0.2) is 5.13 Å². The monoisotopic (exact) mass is 411 g/mol. The number of nitrogens with zero attached hydrogens (tertiary/aromatic N) is 2. The van der Waals surface area contributed by atoms with E-state index in [9.17, 15) is 4.79 Å². The van der Waals surface area contributed by atoms with Crippen molar-refractivity contribution in [3.05, 3.63) is 48.0 Å². The van der Waals surface area contributed by atoms with Crippen LogP contribution in [0.15, 0.2) is 42.5 Å². The minimum Gasteiger partial charge on any atom is -0.497 e. The number of piperidine rings is 1. The van der Waals surface area contributed by atoms with Crippen molar-refractivity contribution < 1.29 is 14.3 Å². The van der Waals surface area contributed by atoms with Gasteiger partial charge in [0.1, 0.15) is 11.5 Å². The average Bonchev–Trinajstić information content (AvgIpc) is 3.18. The highest BCUT2D eigenvalue weighted by molar-refractivity contribution is 7.22. The Bertz CT molecular complexity index is 971. The number of benzene rings is 2. The van der Waals surface area contributed by atoms with Crippen LogP contribution in [0.25, 0.3) is 10.2 Å². The van der Waals surface area contributed by atoms with E-state index in [0.717, 1.165) is 42.1 Å². The highest BCUT2D eigenvalue weighted by Crippen LogP contribution is 2.30. The first kappa shape index (κ1) is 19.5. The molecule has 1 atom stereocenters. The molecule has 29 heavy (non-hydrogen) atoms. The lowest BCUT2D eigenvalue weighted by Gasteiger charge is -2.33. The molecular formula is C22H25N3O3S. The summed E-state index contributed by atoms with van der Waals surface area (Å²) in [4.78, 5) is 19.7. The van der Waals surface area contributed by atoms with Crippen LogP contribution in [0, 0.1) is 0 Å². The number of hydrogen-bond acceptors (Lipinski definition) is 6. The van der Waals surface area contributed by atoms with Gasteiger partial charge in [0, 0.05) is 24.7 Å². The summed E-state index contributed by atoms with van der Waals surface area (Å²) in [6.07, 6.45) is 2.27. The molecule has 1 amide bonds. The van der Waals surface area contributed by atoms with E-state index < -0.39 is 0 Å². The summed E-state index contributed by atoms with van der Waals surface area (Å²) in [5, 5.41) is 4.22. The smallest absolute Gasteiger partial charge is 0.224 e. The quantitative estimate of drug-likeness (QED) is 0.671. The highest BCUT2D eigenvalue weighted by atomic mass is 32.1. The van der Waals surface area contributed by atoms with Crippen LogP contribution in [0.5, 0.6) is 11.5 Å². The second-order valence-electron chi connectivity index (χ2n) is 7.17. The number of ether oxygens (including phenoxy) is 2. The zero-order valence-corrected chi connectivity index (χ0v) is 17.5. The molecule has 6 nitrogen and oxygen atoms in total. The van der Waals surface area contributed by atoms with Crippen LogP contribution in [0.2, 0.25) is 0 Å². The van der Waals surface area contributed by atoms with Gasteiger partial charge in [-0.05, 0) is 43.2 Å². The molecule has 0 unspecified atom stereocenters. The van der Waals surface area contributed by atoms with Crippen molar-refractivity contribution >= 4 is 32.6 Å². The first-order valence-electron chi connectivity index (χ1n) is 9.77. The normalized spacial score (nSPS) is 16.6. The molecule has 2 aromatic carbocycles.